The average molecular weight is 223 g/mol. The highest BCUT2D eigenvalue weighted by molar-refractivity contribution is 7.10. The van der Waals surface area contributed by atoms with Crippen LogP contribution in [0.5, 0.6) is 0 Å². The molecule has 6 heteroatoms. The summed E-state index contributed by atoms with van der Waals surface area (Å²) in [7, 11) is 0. The van der Waals surface area contributed by atoms with E-state index in [0.717, 1.165) is 0 Å². The van der Waals surface area contributed by atoms with Gasteiger partial charge in [0.05, 0.1) is 6.54 Å². The van der Waals surface area contributed by atoms with Crippen LogP contribution in [0, 0.1) is 6.92 Å². The predicted molar refractivity (Wildman–Crippen MR) is 58.5 cm³/mol. The summed E-state index contributed by atoms with van der Waals surface area (Å²) < 4.78 is 0. The lowest BCUT2D eigenvalue weighted by Gasteiger charge is -2.11. The first-order chi connectivity index (χ1) is 7.27. The first-order valence-electron chi connectivity index (χ1n) is 4.77. The van der Waals surface area contributed by atoms with Crippen molar-refractivity contribution in [3.05, 3.63) is 27.7 Å². The minimum atomic E-state index is 0.323. The van der Waals surface area contributed by atoms with Crippen LogP contribution >= 0.6 is 11.3 Å². The van der Waals surface area contributed by atoms with Gasteiger partial charge in [-0.25, -0.2) is 0 Å². The summed E-state index contributed by atoms with van der Waals surface area (Å²) >= 11 is 1.77. The van der Waals surface area contributed by atoms with Gasteiger partial charge in [0, 0.05) is 10.9 Å². The Morgan fingerprint density at radius 1 is 1.60 bits per heavy atom. The van der Waals surface area contributed by atoms with Crippen LogP contribution in [0.4, 0.5) is 0 Å². The lowest BCUT2D eigenvalue weighted by molar-refractivity contribution is 0.565. The van der Waals surface area contributed by atoms with E-state index >= 15 is 0 Å². The number of aromatic amines is 1. The second kappa shape index (κ2) is 4.50. The van der Waals surface area contributed by atoms with Crippen molar-refractivity contribution < 1.29 is 0 Å². The molecule has 0 aromatic carbocycles. The summed E-state index contributed by atoms with van der Waals surface area (Å²) in [6, 6.07) is 2.45. The number of aromatic nitrogens is 4. The van der Waals surface area contributed by atoms with Gasteiger partial charge in [0.1, 0.15) is 0 Å². The SMILES string of the molecule is Cc1ccsc1C(C)NCc1nn[nH]n1. The van der Waals surface area contributed by atoms with Gasteiger partial charge in [-0.3, -0.25) is 0 Å². The molecule has 0 amide bonds. The third-order valence-corrected chi connectivity index (χ3v) is 3.45. The Balaban J connectivity index is 1.93. The smallest absolute Gasteiger partial charge is 0.188 e. The van der Waals surface area contributed by atoms with Crippen molar-refractivity contribution in [2.24, 2.45) is 0 Å². The number of tetrazole rings is 1. The van der Waals surface area contributed by atoms with Gasteiger partial charge >= 0.3 is 0 Å². The van der Waals surface area contributed by atoms with Crippen molar-refractivity contribution in [2.75, 3.05) is 0 Å². The van der Waals surface area contributed by atoms with E-state index in [0.29, 0.717) is 18.4 Å². The molecule has 2 aromatic rings. The summed E-state index contributed by atoms with van der Waals surface area (Å²) in [5.41, 5.74) is 1.33. The molecule has 2 heterocycles. The Kier molecular flexibility index (Phi) is 3.08. The molecule has 0 spiro atoms. The molecule has 0 aliphatic carbocycles. The van der Waals surface area contributed by atoms with Crippen molar-refractivity contribution in [1.29, 1.82) is 0 Å². The molecule has 0 aliphatic rings. The van der Waals surface area contributed by atoms with Crippen molar-refractivity contribution in [3.8, 4) is 0 Å². The molecule has 2 N–H and O–H groups in total. The molecule has 0 aliphatic heterocycles. The summed E-state index contributed by atoms with van der Waals surface area (Å²) in [5, 5.41) is 19.2. The van der Waals surface area contributed by atoms with Crippen molar-refractivity contribution >= 4 is 11.3 Å². The molecule has 5 nitrogen and oxygen atoms in total. The van der Waals surface area contributed by atoms with Crippen LogP contribution in [0.15, 0.2) is 11.4 Å². The van der Waals surface area contributed by atoms with Gasteiger partial charge in [0.15, 0.2) is 5.82 Å². The predicted octanol–water partition coefficient (Wildman–Crippen LogP) is 1.42. The lowest BCUT2D eigenvalue weighted by atomic mass is 10.2. The van der Waals surface area contributed by atoms with Crippen LogP contribution in [0.2, 0.25) is 0 Å². The zero-order valence-corrected chi connectivity index (χ0v) is 9.51. The number of nitrogens with zero attached hydrogens (tertiary/aromatic N) is 3. The monoisotopic (exact) mass is 223 g/mol. The van der Waals surface area contributed by atoms with E-state index in [9.17, 15) is 0 Å². The van der Waals surface area contributed by atoms with Crippen LogP contribution in [-0.4, -0.2) is 20.6 Å². The van der Waals surface area contributed by atoms with E-state index in [-0.39, 0.29) is 0 Å². The third kappa shape index (κ3) is 2.40. The number of nitrogens with one attached hydrogen (secondary N) is 2. The molecule has 0 bridgehead atoms. The Labute approximate surface area is 91.9 Å². The number of hydrogen-bond acceptors (Lipinski definition) is 5. The fourth-order valence-electron chi connectivity index (χ4n) is 1.42. The zero-order valence-electron chi connectivity index (χ0n) is 8.69. The Morgan fingerprint density at radius 2 is 2.47 bits per heavy atom. The van der Waals surface area contributed by atoms with Gasteiger partial charge in [0.25, 0.3) is 0 Å². The standard InChI is InChI=1S/C9H13N5S/c1-6-3-4-15-9(6)7(2)10-5-8-11-13-14-12-8/h3-4,7,10H,5H2,1-2H3,(H,11,12,13,14). The number of aryl methyl sites for hydroxylation is 1. The van der Waals surface area contributed by atoms with E-state index in [1.807, 2.05) is 0 Å². The highest BCUT2D eigenvalue weighted by atomic mass is 32.1. The zero-order chi connectivity index (χ0) is 10.7. The second-order valence-electron chi connectivity index (χ2n) is 3.40. The maximum Gasteiger partial charge on any atom is 0.188 e. The highest BCUT2D eigenvalue weighted by Gasteiger charge is 2.09. The summed E-state index contributed by atoms with van der Waals surface area (Å²) in [4.78, 5) is 1.36. The Morgan fingerprint density at radius 3 is 3.07 bits per heavy atom. The summed E-state index contributed by atoms with van der Waals surface area (Å²) in [5.74, 6) is 0.691. The minimum Gasteiger partial charge on any atom is -0.302 e. The normalized spacial score (nSPS) is 12.9. The van der Waals surface area contributed by atoms with Crippen LogP contribution < -0.4 is 5.32 Å². The van der Waals surface area contributed by atoms with Crippen molar-refractivity contribution in [3.63, 3.8) is 0 Å². The maximum atomic E-state index is 3.89. The molecule has 2 rings (SSSR count). The lowest BCUT2D eigenvalue weighted by Crippen LogP contribution is -2.18. The molecule has 0 saturated carbocycles. The first kappa shape index (κ1) is 10.3. The molecular weight excluding hydrogens is 210 g/mol. The molecule has 15 heavy (non-hydrogen) atoms. The molecular formula is C9H13N5S. The largest absolute Gasteiger partial charge is 0.302 e. The topological polar surface area (TPSA) is 66.5 Å². The molecule has 2 aromatic heterocycles. The van der Waals surface area contributed by atoms with Gasteiger partial charge in [-0.05, 0) is 30.9 Å². The van der Waals surface area contributed by atoms with E-state index in [4.69, 9.17) is 0 Å². The van der Waals surface area contributed by atoms with Crippen LogP contribution in [0.25, 0.3) is 0 Å². The highest BCUT2D eigenvalue weighted by Crippen LogP contribution is 2.23. The molecule has 1 atom stereocenters. The minimum absolute atomic E-state index is 0.323. The van der Waals surface area contributed by atoms with Crippen LogP contribution in [-0.2, 0) is 6.54 Å². The van der Waals surface area contributed by atoms with E-state index < -0.39 is 0 Å². The summed E-state index contributed by atoms with van der Waals surface area (Å²) in [6.45, 7) is 4.90. The summed E-state index contributed by atoms with van der Waals surface area (Å²) in [6.07, 6.45) is 0. The Bertz CT molecular complexity index is 408. The number of H-pyrrole nitrogens is 1. The van der Waals surface area contributed by atoms with Gasteiger partial charge < -0.3 is 5.32 Å². The number of hydrogen-bond donors (Lipinski definition) is 2. The second-order valence-corrected chi connectivity index (χ2v) is 4.35. The van der Waals surface area contributed by atoms with Gasteiger partial charge in [-0.1, -0.05) is 5.21 Å². The molecule has 0 saturated heterocycles. The van der Waals surface area contributed by atoms with Crippen molar-refractivity contribution in [1.82, 2.24) is 25.9 Å². The number of thiophene rings is 1. The average Bonchev–Trinajstić information content (AvgIpc) is 2.84. The van der Waals surface area contributed by atoms with E-state index in [1.54, 1.807) is 11.3 Å². The molecule has 0 fully saturated rings. The van der Waals surface area contributed by atoms with Gasteiger partial charge in [-0.2, -0.15) is 5.21 Å². The first-order valence-corrected chi connectivity index (χ1v) is 5.65. The van der Waals surface area contributed by atoms with Crippen molar-refractivity contribution in [2.45, 2.75) is 26.4 Å². The Hall–Kier alpha value is -1.27. The van der Waals surface area contributed by atoms with Crippen LogP contribution in [0.3, 0.4) is 0 Å². The third-order valence-electron chi connectivity index (χ3n) is 2.25. The van der Waals surface area contributed by atoms with Crippen LogP contribution in [0.1, 0.15) is 29.2 Å². The quantitative estimate of drug-likeness (QED) is 0.822. The van der Waals surface area contributed by atoms with E-state index in [1.165, 1.54) is 10.4 Å². The number of rotatable bonds is 4. The maximum absolute atomic E-state index is 3.89. The van der Waals surface area contributed by atoms with Gasteiger partial charge in [-0.15, -0.1) is 21.5 Å². The molecule has 0 radical (unpaired) electrons. The molecule has 1 unspecified atom stereocenters. The van der Waals surface area contributed by atoms with Gasteiger partial charge in [0.2, 0.25) is 0 Å². The fourth-order valence-corrected chi connectivity index (χ4v) is 2.38. The molecule has 80 valence electrons. The van der Waals surface area contributed by atoms with E-state index in [2.05, 4.69) is 51.2 Å². The fraction of sp³-hybridized carbons (Fsp3) is 0.444.